The Labute approximate surface area is 201 Å². The molecular formula is C26H25F2N5O2. The van der Waals surface area contributed by atoms with E-state index in [-0.39, 0.29) is 29.2 Å². The maximum absolute atomic E-state index is 14.9. The second-order valence-corrected chi connectivity index (χ2v) is 8.95. The fraction of sp³-hybridized carbons (Fsp3) is 0.308. The van der Waals surface area contributed by atoms with Crippen LogP contribution in [0.5, 0.6) is 0 Å². The summed E-state index contributed by atoms with van der Waals surface area (Å²) in [5, 5.41) is 0. The lowest BCUT2D eigenvalue weighted by molar-refractivity contribution is -0.0176. The number of aryl methyl sites for hydroxylation is 2. The second kappa shape index (κ2) is 8.81. The predicted octanol–water partition coefficient (Wildman–Crippen LogP) is 4.32. The van der Waals surface area contributed by atoms with Gasteiger partial charge in [-0.2, -0.15) is 0 Å². The van der Waals surface area contributed by atoms with Crippen LogP contribution in [0.25, 0.3) is 17.0 Å². The average Bonchev–Trinajstić information content (AvgIpc) is 2.81. The number of ether oxygens (including phenoxy) is 1. The van der Waals surface area contributed by atoms with E-state index in [1.165, 1.54) is 10.5 Å². The molecule has 0 N–H and O–H groups in total. The van der Waals surface area contributed by atoms with Gasteiger partial charge in [-0.1, -0.05) is 0 Å². The van der Waals surface area contributed by atoms with Crippen LogP contribution in [0, 0.1) is 32.4 Å². The Morgan fingerprint density at radius 2 is 1.83 bits per heavy atom. The van der Waals surface area contributed by atoms with E-state index in [1.54, 1.807) is 26.1 Å². The number of benzene rings is 1. The second-order valence-electron chi connectivity index (χ2n) is 8.95. The van der Waals surface area contributed by atoms with Gasteiger partial charge in [0.25, 0.3) is 5.56 Å². The van der Waals surface area contributed by atoms with E-state index in [4.69, 9.17) is 9.72 Å². The van der Waals surface area contributed by atoms with Gasteiger partial charge in [0, 0.05) is 48.4 Å². The van der Waals surface area contributed by atoms with Crippen LogP contribution in [0.2, 0.25) is 0 Å². The molecule has 7 nitrogen and oxygen atoms in total. The van der Waals surface area contributed by atoms with E-state index in [2.05, 4.69) is 9.97 Å². The number of aromatic nitrogens is 4. The molecule has 0 unspecified atom stereocenters. The van der Waals surface area contributed by atoms with Crippen molar-refractivity contribution in [3.05, 3.63) is 87.1 Å². The molecular weight excluding hydrogens is 452 g/mol. The van der Waals surface area contributed by atoms with Crippen molar-refractivity contribution in [3.8, 4) is 11.4 Å². The van der Waals surface area contributed by atoms with Crippen molar-refractivity contribution in [2.24, 2.45) is 0 Å². The monoisotopic (exact) mass is 477 g/mol. The minimum Gasteiger partial charge on any atom is -0.367 e. The van der Waals surface area contributed by atoms with Crippen molar-refractivity contribution in [3.63, 3.8) is 0 Å². The standard InChI is InChI=1S/C26H25F2N5O2/c1-14-9-18(7-8-29-14)22-13-32(12-15(2)35-22)23-11-24-30-17(4)16(3)26(34)33(24)25(31-23)20-6-5-19(27)10-21(20)28/h5-11,15,22H,12-13H2,1-4H3/t15-,22-/m1/s1. The van der Waals surface area contributed by atoms with Crippen molar-refractivity contribution < 1.29 is 13.5 Å². The fourth-order valence-corrected chi connectivity index (χ4v) is 4.44. The van der Waals surface area contributed by atoms with Crippen LogP contribution in [0.15, 0.2) is 47.4 Å². The first-order valence-corrected chi connectivity index (χ1v) is 11.4. The van der Waals surface area contributed by atoms with Crippen molar-refractivity contribution in [1.29, 1.82) is 0 Å². The molecule has 0 spiro atoms. The molecule has 0 amide bonds. The third-order valence-electron chi connectivity index (χ3n) is 6.32. The minimum absolute atomic E-state index is 0.0213. The fourth-order valence-electron chi connectivity index (χ4n) is 4.44. The van der Waals surface area contributed by atoms with Crippen LogP contribution in [0.1, 0.15) is 35.5 Å². The molecule has 0 radical (unpaired) electrons. The van der Waals surface area contributed by atoms with Gasteiger partial charge in [0.05, 0.1) is 11.7 Å². The summed E-state index contributed by atoms with van der Waals surface area (Å²) < 4.78 is 36.0. The number of pyridine rings is 1. The predicted molar refractivity (Wildman–Crippen MR) is 129 cm³/mol. The lowest BCUT2D eigenvalue weighted by atomic mass is 10.1. The Hall–Kier alpha value is -3.72. The zero-order chi connectivity index (χ0) is 24.9. The molecule has 0 aliphatic carbocycles. The maximum Gasteiger partial charge on any atom is 0.262 e. The van der Waals surface area contributed by atoms with Gasteiger partial charge in [0.2, 0.25) is 0 Å². The first kappa shape index (κ1) is 23.0. The molecule has 9 heteroatoms. The summed E-state index contributed by atoms with van der Waals surface area (Å²) in [4.78, 5) is 28.8. The molecule has 1 aliphatic rings. The summed E-state index contributed by atoms with van der Waals surface area (Å²) in [5.41, 5.74) is 2.94. The van der Waals surface area contributed by atoms with Crippen LogP contribution >= 0.6 is 0 Å². The van der Waals surface area contributed by atoms with Crippen LogP contribution in [-0.2, 0) is 4.74 Å². The van der Waals surface area contributed by atoms with Gasteiger partial charge >= 0.3 is 0 Å². The lowest BCUT2D eigenvalue weighted by Gasteiger charge is -2.38. The number of morpholine rings is 1. The Balaban J connectivity index is 1.68. The molecule has 0 saturated carbocycles. The van der Waals surface area contributed by atoms with Crippen molar-refractivity contribution in [2.45, 2.75) is 39.9 Å². The number of rotatable bonds is 3. The van der Waals surface area contributed by atoms with Gasteiger partial charge in [0.1, 0.15) is 29.2 Å². The highest BCUT2D eigenvalue weighted by molar-refractivity contribution is 5.65. The molecule has 4 aromatic rings. The largest absolute Gasteiger partial charge is 0.367 e. The quantitative estimate of drug-likeness (QED) is 0.438. The number of hydrogen-bond acceptors (Lipinski definition) is 6. The average molecular weight is 478 g/mol. The summed E-state index contributed by atoms with van der Waals surface area (Å²) in [6, 6.07) is 8.87. The number of anilines is 1. The van der Waals surface area contributed by atoms with Gasteiger partial charge < -0.3 is 9.64 Å². The molecule has 5 rings (SSSR count). The highest BCUT2D eigenvalue weighted by Crippen LogP contribution is 2.31. The van der Waals surface area contributed by atoms with E-state index >= 15 is 0 Å². The van der Waals surface area contributed by atoms with Crippen LogP contribution in [0.3, 0.4) is 0 Å². The summed E-state index contributed by atoms with van der Waals surface area (Å²) >= 11 is 0. The van der Waals surface area contributed by atoms with Crippen LogP contribution in [-0.4, -0.2) is 38.5 Å². The van der Waals surface area contributed by atoms with Gasteiger partial charge in [0.15, 0.2) is 5.82 Å². The molecule has 1 aliphatic heterocycles. The van der Waals surface area contributed by atoms with Crippen LogP contribution in [0.4, 0.5) is 14.6 Å². The minimum atomic E-state index is -0.804. The number of hydrogen-bond donors (Lipinski definition) is 0. The van der Waals surface area contributed by atoms with Crippen LogP contribution < -0.4 is 10.5 Å². The zero-order valence-corrected chi connectivity index (χ0v) is 19.9. The molecule has 1 aromatic carbocycles. The Bertz CT molecular complexity index is 1500. The van der Waals surface area contributed by atoms with Gasteiger partial charge in [-0.25, -0.2) is 23.1 Å². The van der Waals surface area contributed by atoms with E-state index in [0.29, 0.717) is 35.8 Å². The van der Waals surface area contributed by atoms with Crippen molar-refractivity contribution in [2.75, 3.05) is 18.0 Å². The SMILES string of the molecule is Cc1cc([C@H]2CN(c3cc4nc(C)c(C)c(=O)n4c(-c4ccc(F)cc4F)n3)C[C@@H](C)O2)ccn1. The number of fused-ring (bicyclic) bond motifs is 1. The molecule has 0 bridgehead atoms. The summed E-state index contributed by atoms with van der Waals surface area (Å²) in [6.07, 6.45) is 1.42. The first-order valence-electron chi connectivity index (χ1n) is 11.4. The topological polar surface area (TPSA) is 72.6 Å². The van der Waals surface area contributed by atoms with E-state index in [9.17, 15) is 13.6 Å². The highest BCUT2D eigenvalue weighted by Gasteiger charge is 2.29. The maximum atomic E-state index is 14.9. The van der Waals surface area contributed by atoms with E-state index in [1.807, 2.05) is 30.9 Å². The molecule has 180 valence electrons. The summed E-state index contributed by atoms with van der Waals surface area (Å²) in [5.74, 6) is -0.904. The molecule has 35 heavy (non-hydrogen) atoms. The van der Waals surface area contributed by atoms with Crippen molar-refractivity contribution in [1.82, 2.24) is 19.4 Å². The molecule has 1 saturated heterocycles. The summed E-state index contributed by atoms with van der Waals surface area (Å²) in [7, 11) is 0. The van der Waals surface area contributed by atoms with Gasteiger partial charge in [-0.15, -0.1) is 0 Å². The third-order valence-corrected chi connectivity index (χ3v) is 6.32. The van der Waals surface area contributed by atoms with Crippen molar-refractivity contribution >= 4 is 11.5 Å². The number of halogens is 2. The van der Waals surface area contributed by atoms with E-state index in [0.717, 1.165) is 23.4 Å². The Morgan fingerprint density at radius 3 is 2.57 bits per heavy atom. The third kappa shape index (κ3) is 4.27. The van der Waals surface area contributed by atoms with Gasteiger partial charge in [-0.05, 0) is 57.5 Å². The number of nitrogens with zero attached hydrogens (tertiary/aromatic N) is 5. The summed E-state index contributed by atoms with van der Waals surface area (Å²) in [6.45, 7) is 8.37. The highest BCUT2D eigenvalue weighted by atomic mass is 19.1. The molecule has 3 aromatic heterocycles. The van der Waals surface area contributed by atoms with Gasteiger partial charge in [-0.3, -0.25) is 9.78 Å². The lowest BCUT2D eigenvalue weighted by Crippen LogP contribution is -2.43. The first-order chi connectivity index (χ1) is 16.7. The van der Waals surface area contributed by atoms with E-state index < -0.39 is 11.6 Å². The smallest absolute Gasteiger partial charge is 0.262 e. The normalized spacial score (nSPS) is 18.3. The molecule has 4 heterocycles. The zero-order valence-electron chi connectivity index (χ0n) is 19.9. The Morgan fingerprint density at radius 1 is 1.03 bits per heavy atom. The Kier molecular flexibility index (Phi) is 5.80. The molecule has 2 atom stereocenters. The molecule has 1 fully saturated rings.